The molecule has 2 aliphatic rings. The van der Waals surface area contributed by atoms with Gasteiger partial charge in [0.05, 0.1) is 0 Å². The van der Waals surface area contributed by atoms with Crippen molar-refractivity contribution in [3.63, 3.8) is 0 Å². The SMILES string of the molecule is CC[C@@H]1CN(C(=O)CN2CCC(=O)NC2=O)C[C@@H]1N(C)C. The van der Waals surface area contributed by atoms with Gasteiger partial charge in [0, 0.05) is 32.1 Å². The van der Waals surface area contributed by atoms with Crippen LogP contribution in [-0.4, -0.2) is 78.9 Å². The molecule has 0 aromatic heterocycles. The van der Waals surface area contributed by atoms with Crippen molar-refractivity contribution >= 4 is 17.8 Å². The number of rotatable bonds is 4. The predicted octanol–water partition coefficient (Wildman–Crippen LogP) is -0.273. The lowest BCUT2D eigenvalue weighted by atomic mass is 10.0. The van der Waals surface area contributed by atoms with E-state index in [0.717, 1.165) is 13.0 Å². The van der Waals surface area contributed by atoms with Crippen LogP contribution < -0.4 is 5.32 Å². The van der Waals surface area contributed by atoms with Gasteiger partial charge in [0.15, 0.2) is 0 Å². The highest BCUT2D eigenvalue weighted by Gasteiger charge is 2.36. The standard InChI is InChI=1S/C14H24N4O3/c1-4-10-7-18(8-11(10)16(2)3)13(20)9-17-6-5-12(19)15-14(17)21/h10-11H,4-9H2,1-3H3,(H,15,19,21)/t10-,11+/m1/s1. The van der Waals surface area contributed by atoms with Crippen molar-refractivity contribution in [1.82, 2.24) is 20.0 Å². The topological polar surface area (TPSA) is 73.0 Å². The van der Waals surface area contributed by atoms with Crippen molar-refractivity contribution in [3.8, 4) is 0 Å². The summed E-state index contributed by atoms with van der Waals surface area (Å²) < 4.78 is 0. The summed E-state index contributed by atoms with van der Waals surface area (Å²) >= 11 is 0. The van der Waals surface area contributed by atoms with Gasteiger partial charge in [-0.2, -0.15) is 0 Å². The van der Waals surface area contributed by atoms with Crippen LogP contribution in [0.3, 0.4) is 0 Å². The van der Waals surface area contributed by atoms with E-state index in [2.05, 4.69) is 17.1 Å². The second-order valence-electron chi connectivity index (χ2n) is 6.02. The van der Waals surface area contributed by atoms with Crippen LogP contribution >= 0.6 is 0 Å². The minimum Gasteiger partial charge on any atom is -0.339 e. The van der Waals surface area contributed by atoms with Crippen molar-refractivity contribution in [1.29, 1.82) is 0 Å². The highest BCUT2D eigenvalue weighted by molar-refractivity contribution is 5.98. The number of hydrogen-bond acceptors (Lipinski definition) is 4. The normalized spacial score (nSPS) is 26.5. The molecule has 0 spiro atoms. The van der Waals surface area contributed by atoms with Gasteiger partial charge in [-0.25, -0.2) is 4.79 Å². The Hall–Kier alpha value is -1.63. The summed E-state index contributed by atoms with van der Waals surface area (Å²) in [5.41, 5.74) is 0. The molecule has 0 aliphatic carbocycles. The van der Waals surface area contributed by atoms with Gasteiger partial charge in [0.25, 0.3) is 0 Å². The lowest BCUT2D eigenvalue weighted by Gasteiger charge is -2.28. The average molecular weight is 296 g/mol. The van der Waals surface area contributed by atoms with Crippen molar-refractivity contribution in [2.45, 2.75) is 25.8 Å². The summed E-state index contributed by atoms with van der Waals surface area (Å²) in [5, 5.41) is 2.24. The summed E-state index contributed by atoms with van der Waals surface area (Å²) in [6, 6.07) is -0.0919. The van der Waals surface area contributed by atoms with Gasteiger partial charge in [-0.05, 0) is 20.0 Å². The molecule has 7 heteroatoms. The van der Waals surface area contributed by atoms with E-state index in [1.807, 2.05) is 19.0 Å². The molecule has 0 bridgehead atoms. The molecule has 2 aliphatic heterocycles. The maximum atomic E-state index is 12.4. The number of nitrogens with zero attached hydrogens (tertiary/aromatic N) is 3. The molecule has 21 heavy (non-hydrogen) atoms. The molecule has 1 N–H and O–H groups in total. The van der Waals surface area contributed by atoms with Crippen LogP contribution in [0.25, 0.3) is 0 Å². The summed E-state index contributed by atoms with van der Waals surface area (Å²) in [5.74, 6) is 0.159. The maximum absolute atomic E-state index is 12.4. The molecule has 4 amide bonds. The maximum Gasteiger partial charge on any atom is 0.324 e. The Morgan fingerprint density at radius 1 is 1.33 bits per heavy atom. The van der Waals surface area contributed by atoms with Crippen molar-refractivity contribution < 1.29 is 14.4 Å². The first-order valence-electron chi connectivity index (χ1n) is 7.45. The molecule has 0 unspecified atom stereocenters. The fraction of sp³-hybridized carbons (Fsp3) is 0.786. The number of likely N-dealkylation sites (tertiary alicyclic amines) is 1. The van der Waals surface area contributed by atoms with Gasteiger partial charge in [0.2, 0.25) is 11.8 Å². The van der Waals surface area contributed by atoms with Crippen LogP contribution in [0, 0.1) is 5.92 Å². The molecule has 0 aromatic carbocycles. The summed E-state index contributed by atoms with van der Waals surface area (Å²) in [4.78, 5) is 40.5. The third kappa shape index (κ3) is 3.53. The van der Waals surface area contributed by atoms with Crippen LogP contribution in [0.15, 0.2) is 0 Å². The first-order chi connectivity index (χ1) is 9.92. The lowest BCUT2D eigenvalue weighted by Crippen LogP contribution is -2.52. The molecule has 2 atom stereocenters. The molecular formula is C14H24N4O3. The van der Waals surface area contributed by atoms with Gasteiger partial charge < -0.3 is 14.7 Å². The van der Waals surface area contributed by atoms with Crippen molar-refractivity contribution in [3.05, 3.63) is 0 Å². The minimum absolute atomic E-state index is 0.0395. The first-order valence-corrected chi connectivity index (χ1v) is 7.45. The fourth-order valence-corrected chi connectivity index (χ4v) is 3.06. The number of amides is 4. The van der Waals surface area contributed by atoms with E-state index in [0.29, 0.717) is 25.0 Å². The quantitative estimate of drug-likeness (QED) is 0.775. The second kappa shape index (κ2) is 6.43. The molecule has 118 valence electrons. The van der Waals surface area contributed by atoms with Crippen LogP contribution in [0.2, 0.25) is 0 Å². The molecule has 0 aromatic rings. The van der Waals surface area contributed by atoms with Gasteiger partial charge >= 0.3 is 6.03 Å². The average Bonchev–Trinajstić information content (AvgIpc) is 2.86. The zero-order valence-corrected chi connectivity index (χ0v) is 13.0. The number of nitrogens with one attached hydrogen (secondary N) is 1. The Kier molecular flexibility index (Phi) is 4.82. The highest BCUT2D eigenvalue weighted by atomic mass is 16.2. The Labute approximate surface area is 125 Å². The second-order valence-corrected chi connectivity index (χ2v) is 6.02. The van der Waals surface area contributed by atoms with Gasteiger partial charge in [0.1, 0.15) is 6.54 Å². The number of carbonyl (C=O) groups is 3. The van der Waals surface area contributed by atoms with Gasteiger partial charge in [-0.1, -0.05) is 13.3 Å². The predicted molar refractivity (Wildman–Crippen MR) is 77.6 cm³/mol. The van der Waals surface area contributed by atoms with E-state index < -0.39 is 6.03 Å². The van der Waals surface area contributed by atoms with Crippen LogP contribution in [0.1, 0.15) is 19.8 Å². The monoisotopic (exact) mass is 296 g/mol. The van der Waals surface area contributed by atoms with Crippen LogP contribution in [0.5, 0.6) is 0 Å². The summed E-state index contributed by atoms with van der Waals surface area (Å²) in [7, 11) is 4.07. The smallest absolute Gasteiger partial charge is 0.324 e. The van der Waals surface area contributed by atoms with E-state index in [4.69, 9.17) is 0 Å². The van der Waals surface area contributed by atoms with E-state index in [1.165, 1.54) is 4.90 Å². The Morgan fingerprint density at radius 2 is 2.05 bits per heavy atom. The van der Waals surface area contributed by atoms with Crippen LogP contribution in [-0.2, 0) is 9.59 Å². The molecular weight excluding hydrogens is 272 g/mol. The first kappa shape index (κ1) is 15.8. The van der Waals surface area contributed by atoms with E-state index in [9.17, 15) is 14.4 Å². The molecule has 0 saturated carbocycles. The third-order valence-electron chi connectivity index (χ3n) is 4.42. The Balaban J connectivity index is 1.92. The third-order valence-corrected chi connectivity index (χ3v) is 4.42. The Morgan fingerprint density at radius 3 is 2.57 bits per heavy atom. The van der Waals surface area contributed by atoms with E-state index in [1.54, 1.807) is 0 Å². The Bertz CT molecular complexity index is 438. The molecule has 2 heterocycles. The number of carbonyl (C=O) groups excluding carboxylic acids is 3. The van der Waals surface area contributed by atoms with E-state index in [-0.39, 0.29) is 24.8 Å². The lowest BCUT2D eigenvalue weighted by molar-refractivity contribution is -0.132. The van der Waals surface area contributed by atoms with Gasteiger partial charge in [-0.3, -0.25) is 14.9 Å². The molecule has 2 rings (SSSR count). The molecule has 0 radical (unpaired) electrons. The number of likely N-dealkylation sites (N-methyl/N-ethyl adjacent to an activating group) is 1. The fourth-order valence-electron chi connectivity index (χ4n) is 3.06. The van der Waals surface area contributed by atoms with Gasteiger partial charge in [-0.15, -0.1) is 0 Å². The van der Waals surface area contributed by atoms with Crippen molar-refractivity contribution in [2.75, 3.05) is 40.3 Å². The largest absolute Gasteiger partial charge is 0.339 e. The summed E-state index contributed by atoms with van der Waals surface area (Å²) in [6.45, 7) is 3.96. The minimum atomic E-state index is -0.463. The zero-order chi connectivity index (χ0) is 15.6. The molecule has 2 saturated heterocycles. The number of hydrogen-bond donors (Lipinski definition) is 1. The van der Waals surface area contributed by atoms with Crippen LogP contribution in [0.4, 0.5) is 4.79 Å². The highest BCUT2D eigenvalue weighted by Crippen LogP contribution is 2.23. The van der Waals surface area contributed by atoms with E-state index >= 15 is 0 Å². The number of urea groups is 1. The zero-order valence-electron chi connectivity index (χ0n) is 13.0. The molecule has 2 fully saturated rings. The summed E-state index contributed by atoms with van der Waals surface area (Å²) in [6.07, 6.45) is 1.29. The van der Waals surface area contributed by atoms with Crippen molar-refractivity contribution in [2.24, 2.45) is 5.92 Å². The molecule has 7 nitrogen and oxygen atoms in total. The number of imide groups is 1.